The van der Waals surface area contributed by atoms with Crippen molar-refractivity contribution >= 4 is 52.6 Å². The zero-order valence-electron chi connectivity index (χ0n) is 32.5. The fraction of sp³-hybridized carbons (Fsp3) is 0.465. The summed E-state index contributed by atoms with van der Waals surface area (Å²) in [4.78, 5) is 78.2. The smallest absolute Gasteiger partial charge is 0.262 e. The van der Waals surface area contributed by atoms with Crippen molar-refractivity contribution in [2.75, 3.05) is 55.6 Å². The highest BCUT2D eigenvalue weighted by atomic mass is 35.5. The maximum atomic E-state index is 15.5. The number of fused-ring (bicyclic) bond motifs is 2. The normalized spacial score (nSPS) is 24.0. The van der Waals surface area contributed by atoms with Gasteiger partial charge in [0.15, 0.2) is 0 Å². The van der Waals surface area contributed by atoms with Crippen LogP contribution in [0.3, 0.4) is 0 Å². The number of anilines is 2. The van der Waals surface area contributed by atoms with E-state index in [0.717, 1.165) is 93.6 Å². The molecule has 4 fully saturated rings. The zero-order chi connectivity index (χ0) is 40.9. The van der Waals surface area contributed by atoms with Crippen LogP contribution in [0.2, 0.25) is 5.02 Å². The molecule has 16 heteroatoms. The highest BCUT2D eigenvalue weighted by Gasteiger charge is 2.45. The van der Waals surface area contributed by atoms with Crippen LogP contribution in [-0.2, 0) is 16.1 Å². The largest absolute Gasteiger partial charge is 0.490 e. The number of pyridine rings is 1. The van der Waals surface area contributed by atoms with Crippen LogP contribution >= 0.6 is 11.6 Å². The number of piperidine rings is 2. The van der Waals surface area contributed by atoms with Gasteiger partial charge in [-0.05, 0) is 86.8 Å². The van der Waals surface area contributed by atoms with Crippen molar-refractivity contribution in [3.05, 3.63) is 81.3 Å². The molecule has 0 bridgehead atoms. The van der Waals surface area contributed by atoms with Crippen molar-refractivity contribution in [1.29, 1.82) is 5.26 Å². The van der Waals surface area contributed by atoms with Crippen molar-refractivity contribution in [2.24, 2.45) is 5.92 Å². The van der Waals surface area contributed by atoms with Gasteiger partial charge in [0.1, 0.15) is 29.5 Å². The molecule has 1 aliphatic carbocycles. The summed E-state index contributed by atoms with van der Waals surface area (Å²) in [6.45, 7) is 5.82. The number of ether oxygens (including phenoxy) is 1. The van der Waals surface area contributed by atoms with Gasteiger partial charge in [0, 0.05) is 77.1 Å². The Labute approximate surface area is 345 Å². The Kier molecular flexibility index (Phi) is 10.5. The monoisotopic (exact) mass is 822 g/mol. The molecule has 5 aliphatic heterocycles. The molecule has 9 rings (SSSR count). The van der Waals surface area contributed by atoms with Crippen molar-refractivity contribution in [3.63, 3.8) is 0 Å². The Hall–Kier alpha value is -5.59. The summed E-state index contributed by atoms with van der Waals surface area (Å²) in [6, 6.07) is 10.9. The molecule has 1 unspecified atom stereocenters. The first-order valence-electron chi connectivity index (χ1n) is 20.5. The summed E-state index contributed by atoms with van der Waals surface area (Å²) in [5.74, 6) is -1.02. The standard InChI is InChI=1S/C43H44ClFN8O6/c44-34-18-30(4-1-26(34)21-46)59-29-5-2-28(3-6-29)52-24-27-17-38(47-22-33(27)41(52)56)51-11-9-25(10-12-51)23-49-13-15-50(16-14-49)37-20-32-31(19-35(37)45)42(57)53(43(32)58)36-7-8-39(54)48-40(36)55/h1,4,17-20,22,25,28-29,36H,2-3,5-16,23-24H2,(H,48,54,55)/t28-,29-,36?. The quantitative estimate of drug-likeness (QED) is 0.318. The topological polar surface area (TPSA) is 159 Å². The molecule has 14 nitrogen and oxygen atoms in total. The van der Waals surface area contributed by atoms with Crippen LogP contribution in [-0.4, -0.2) is 113 Å². The van der Waals surface area contributed by atoms with Crippen LogP contribution in [0.15, 0.2) is 42.6 Å². The average Bonchev–Trinajstić information content (AvgIpc) is 3.69. The molecule has 0 spiro atoms. The molecule has 6 heterocycles. The van der Waals surface area contributed by atoms with Crippen molar-refractivity contribution in [3.8, 4) is 11.8 Å². The van der Waals surface area contributed by atoms with Gasteiger partial charge in [-0.15, -0.1) is 0 Å². The number of halogens is 2. The van der Waals surface area contributed by atoms with Crippen molar-refractivity contribution < 1.29 is 33.1 Å². The van der Waals surface area contributed by atoms with Crippen LogP contribution in [0.1, 0.15) is 93.6 Å². The van der Waals surface area contributed by atoms with E-state index in [1.807, 2.05) is 9.80 Å². The van der Waals surface area contributed by atoms with Crippen LogP contribution in [0.5, 0.6) is 5.75 Å². The third-order valence-corrected chi connectivity index (χ3v) is 13.2. The molecule has 59 heavy (non-hydrogen) atoms. The number of nitrogens with zero attached hydrogens (tertiary/aromatic N) is 7. The van der Waals surface area contributed by atoms with E-state index in [9.17, 15) is 24.0 Å². The van der Waals surface area contributed by atoms with E-state index < -0.39 is 35.5 Å². The second-order valence-corrected chi connectivity index (χ2v) is 16.9. The molecule has 5 amide bonds. The number of benzene rings is 2. The van der Waals surface area contributed by atoms with E-state index in [4.69, 9.17) is 26.6 Å². The van der Waals surface area contributed by atoms with E-state index >= 15 is 4.39 Å². The predicted octanol–water partition coefficient (Wildman–Crippen LogP) is 4.53. The van der Waals surface area contributed by atoms with E-state index in [1.165, 1.54) is 6.07 Å². The van der Waals surface area contributed by atoms with Crippen LogP contribution in [0.4, 0.5) is 15.9 Å². The minimum atomic E-state index is -1.10. The number of piperazine rings is 1. The van der Waals surface area contributed by atoms with Gasteiger partial charge in [-0.2, -0.15) is 5.26 Å². The Balaban J connectivity index is 0.739. The minimum absolute atomic E-state index is 0.0162. The lowest BCUT2D eigenvalue weighted by atomic mass is 9.92. The van der Waals surface area contributed by atoms with Gasteiger partial charge in [0.2, 0.25) is 11.8 Å². The first kappa shape index (κ1) is 38.9. The molecule has 1 N–H and O–H groups in total. The van der Waals surface area contributed by atoms with Crippen LogP contribution in [0, 0.1) is 23.1 Å². The van der Waals surface area contributed by atoms with Gasteiger partial charge in [-0.3, -0.25) is 39.1 Å². The first-order chi connectivity index (χ1) is 28.5. The highest BCUT2D eigenvalue weighted by molar-refractivity contribution is 6.31. The molecule has 3 aromatic rings. The third kappa shape index (κ3) is 7.48. The van der Waals surface area contributed by atoms with Crippen LogP contribution in [0.25, 0.3) is 0 Å². The lowest BCUT2D eigenvalue weighted by Crippen LogP contribution is -2.54. The highest BCUT2D eigenvalue weighted by Crippen LogP contribution is 2.36. The molecule has 6 aliphatic rings. The average molecular weight is 823 g/mol. The number of imide groups is 2. The van der Waals surface area contributed by atoms with Gasteiger partial charge < -0.3 is 19.4 Å². The summed E-state index contributed by atoms with van der Waals surface area (Å²) in [6.07, 6.45) is 7.17. The number of nitrogens with one attached hydrogen (secondary N) is 1. The number of carbonyl (C=O) groups is 5. The van der Waals surface area contributed by atoms with E-state index in [-0.39, 0.29) is 47.7 Å². The van der Waals surface area contributed by atoms with Crippen molar-refractivity contribution in [2.45, 2.75) is 76.1 Å². The Bertz CT molecular complexity index is 2280. The molecule has 0 radical (unpaired) electrons. The molecular weight excluding hydrogens is 779 g/mol. The second-order valence-electron chi connectivity index (χ2n) is 16.4. The van der Waals surface area contributed by atoms with Gasteiger partial charge in [0.25, 0.3) is 17.7 Å². The van der Waals surface area contributed by atoms with Gasteiger partial charge in [-0.1, -0.05) is 11.6 Å². The number of carbonyl (C=O) groups excluding carboxylic acids is 5. The molecule has 1 aromatic heterocycles. The van der Waals surface area contributed by atoms with Crippen LogP contribution < -0.4 is 19.9 Å². The molecule has 306 valence electrons. The number of rotatable bonds is 8. The fourth-order valence-corrected chi connectivity index (χ4v) is 9.83. The zero-order valence-corrected chi connectivity index (χ0v) is 33.3. The van der Waals surface area contributed by atoms with Crippen molar-refractivity contribution in [1.82, 2.24) is 25.0 Å². The number of aromatic nitrogens is 1. The molecular formula is C43H44ClFN8O6. The lowest BCUT2D eigenvalue weighted by Gasteiger charge is -2.40. The molecule has 2 aromatic carbocycles. The van der Waals surface area contributed by atoms with E-state index in [1.54, 1.807) is 24.4 Å². The second kappa shape index (κ2) is 15.9. The minimum Gasteiger partial charge on any atom is -0.490 e. The van der Waals surface area contributed by atoms with Gasteiger partial charge in [0.05, 0.1) is 39.1 Å². The summed E-state index contributed by atoms with van der Waals surface area (Å²) < 4.78 is 21.6. The number of hydrogen-bond acceptors (Lipinski definition) is 11. The maximum Gasteiger partial charge on any atom is 0.262 e. The summed E-state index contributed by atoms with van der Waals surface area (Å²) in [5.41, 5.74) is 2.39. The SMILES string of the molecule is N#Cc1ccc(O[C@H]2CC[C@H](N3Cc4cc(N5CCC(CN6CCN(c7cc8c(cc7F)C(=O)N(C7CCC(=O)NC7=O)C8=O)CC6)CC5)ncc4C3=O)CC2)cc1Cl. The van der Waals surface area contributed by atoms with Gasteiger partial charge >= 0.3 is 0 Å². The van der Waals surface area contributed by atoms with E-state index in [0.29, 0.717) is 47.5 Å². The summed E-state index contributed by atoms with van der Waals surface area (Å²) in [5, 5.41) is 11.7. The Morgan fingerprint density at radius 1 is 0.831 bits per heavy atom. The van der Waals surface area contributed by atoms with Gasteiger partial charge in [-0.25, -0.2) is 9.37 Å². The molecule has 3 saturated heterocycles. The third-order valence-electron chi connectivity index (χ3n) is 12.9. The predicted molar refractivity (Wildman–Crippen MR) is 214 cm³/mol. The fourth-order valence-electron chi connectivity index (χ4n) is 9.62. The molecule has 1 saturated carbocycles. The first-order valence-corrected chi connectivity index (χ1v) is 20.9. The summed E-state index contributed by atoms with van der Waals surface area (Å²) in [7, 11) is 0. The number of nitriles is 1. The lowest BCUT2D eigenvalue weighted by molar-refractivity contribution is -0.136. The van der Waals surface area contributed by atoms with E-state index in [2.05, 4.69) is 27.3 Å². The number of amides is 5. The maximum absolute atomic E-state index is 15.5. The molecule has 1 atom stereocenters. The number of hydrogen-bond donors (Lipinski definition) is 1. The Morgan fingerprint density at radius 3 is 2.25 bits per heavy atom. The Morgan fingerprint density at radius 2 is 1.56 bits per heavy atom. The summed E-state index contributed by atoms with van der Waals surface area (Å²) >= 11 is 6.19.